The minimum Gasteiger partial charge on any atom is -0.496 e. The molecule has 20 heavy (non-hydrogen) atoms. The first-order valence-corrected chi connectivity index (χ1v) is 6.33. The van der Waals surface area contributed by atoms with E-state index in [1.165, 1.54) is 12.1 Å². The molecule has 0 aliphatic heterocycles. The fourth-order valence-electron chi connectivity index (χ4n) is 2.30. The molecule has 0 saturated carbocycles. The molecule has 2 aromatic rings. The second kappa shape index (κ2) is 6.01. The van der Waals surface area contributed by atoms with Gasteiger partial charge in [0.2, 0.25) is 0 Å². The van der Waals surface area contributed by atoms with Gasteiger partial charge in [-0.15, -0.1) is 0 Å². The first kappa shape index (κ1) is 14.5. The Bertz CT molecular complexity index is 593. The molecule has 0 amide bonds. The minimum absolute atomic E-state index is 0.337. The van der Waals surface area contributed by atoms with E-state index in [-0.39, 0.29) is 6.04 Å². The number of methoxy groups -OCH3 is 1. The monoisotopic (exact) mass is 277 g/mol. The SMILES string of the molecule is CNC(c1cc(F)cc(F)c1)c1ccc(C)cc1OC. The molecule has 4 heteroatoms. The van der Waals surface area contributed by atoms with E-state index < -0.39 is 11.6 Å². The predicted molar refractivity (Wildman–Crippen MR) is 75.0 cm³/mol. The number of benzene rings is 2. The van der Waals surface area contributed by atoms with Crippen LogP contribution in [0.25, 0.3) is 0 Å². The van der Waals surface area contributed by atoms with Gasteiger partial charge in [-0.25, -0.2) is 8.78 Å². The summed E-state index contributed by atoms with van der Waals surface area (Å²) in [5, 5.41) is 3.07. The zero-order valence-corrected chi connectivity index (χ0v) is 11.7. The Morgan fingerprint density at radius 1 is 1.05 bits per heavy atom. The molecule has 0 aromatic heterocycles. The van der Waals surface area contributed by atoms with Crippen molar-refractivity contribution in [3.05, 3.63) is 64.7 Å². The standard InChI is InChI=1S/C16H17F2NO/c1-10-4-5-14(15(6-10)20-3)16(19-2)11-7-12(17)9-13(18)8-11/h4-9,16,19H,1-3H3. The molecular weight excluding hydrogens is 260 g/mol. The van der Waals surface area contributed by atoms with Crippen molar-refractivity contribution < 1.29 is 13.5 Å². The molecule has 2 aromatic carbocycles. The molecular formula is C16H17F2NO. The number of aryl methyl sites for hydroxylation is 1. The maximum absolute atomic E-state index is 13.4. The lowest BCUT2D eigenvalue weighted by molar-refractivity contribution is 0.405. The average Bonchev–Trinajstić information content (AvgIpc) is 2.40. The first-order chi connectivity index (χ1) is 9.55. The summed E-state index contributed by atoms with van der Waals surface area (Å²) in [4.78, 5) is 0. The second-order valence-corrected chi connectivity index (χ2v) is 4.67. The van der Waals surface area contributed by atoms with Crippen molar-refractivity contribution in [1.29, 1.82) is 0 Å². The van der Waals surface area contributed by atoms with E-state index in [1.807, 2.05) is 25.1 Å². The van der Waals surface area contributed by atoms with Gasteiger partial charge in [0.25, 0.3) is 0 Å². The molecule has 2 rings (SSSR count). The van der Waals surface area contributed by atoms with Crippen LogP contribution in [-0.4, -0.2) is 14.2 Å². The number of rotatable bonds is 4. The molecule has 0 saturated heterocycles. The van der Waals surface area contributed by atoms with E-state index in [9.17, 15) is 8.78 Å². The Labute approximate surface area is 117 Å². The van der Waals surface area contributed by atoms with E-state index in [0.717, 1.165) is 17.2 Å². The van der Waals surface area contributed by atoms with Crippen LogP contribution >= 0.6 is 0 Å². The average molecular weight is 277 g/mol. The third-order valence-electron chi connectivity index (χ3n) is 3.21. The van der Waals surface area contributed by atoms with Gasteiger partial charge < -0.3 is 10.1 Å². The van der Waals surface area contributed by atoms with Crippen LogP contribution in [-0.2, 0) is 0 Å². The van der Waals surface area contributed by atoms with Crippen LogP contribution in [0, 0.1) is 18.6 Å². The summed E-state index contributed by atoms with van der Waals surface area (Å²) in [6.07, 6.45) is 0. The summed E-state index contributed by atoms with van der Waals surface area (Å²) >= 11 is 0. The number of hydrogen-bond donors (Lipinski definition) is 1. The fourth-order valence-corrected chi connectivity index (χ4v) is 2.30. The van der Waals surface area contributed by atoms with Gasteiger partial charge in [0.1, 0.15) is 17.4 Å². The Balaban J connectivity index is 2.52. The molecule has 0 spiro atoms. The van der Waals surface area contributed by atoms with Crippen LogP contribution in [0.4, 0.5) is 8.78 Å². The minimum atomic E-state index is -0.591. The highest BCUT2D eigenvalue weighted by Crippen LogP contribution is 2.31. The van der Waals surface area contributed by atoms with Gasteiger partial charge in [-0.2, -0.15) is 0 Å². The van der Waals surface area contributed by atoms with Gasteiger partial charge in [-0.1, -0.05) is 12.1 Å². The van der Waals surface area contributed by atoms with E-state index in [4.69, 9.17) is 4.74 Å². The molecule has 0 aliphatic carbocycles. The lowest BCUT2D eigenvalue weighted by Crippen LogP contribution is -2.19. The Morgan fingerprint density at radius 2 is 1.70 bits per heavy atom. The molecule has 0 bridgehead atoms. The van der Waals surface area contributed by atoms with Gasteiger partial charge in [-0.05, 0) is 43.3 Å². The topological polar surface area (TPSA) is 21.3 Å². The molecule has 2 nitrogen and oxygen atoms in total. The van der Waals surface area contributed by atoms with Crippen LogP contribution in [0.15, 0.2) is 36.4 Å². The van der Waals surface area contributed by atoms with Crippen molar-refractivity contribution in [2.45, 2.75) is 13.0 Å². The van der Waals surface area contributed by atoms with Crippen molar-refractivity contribution in [1.82, 2.24) is 5.32 Å². The molecule has 0 heterocycles. The lowest BCUT2D eigenvalue weighted by atomic mass is 9.96. The predicted octanol–water partition coefficient (Wildman–Crippen LogP) is 3.59. The third-order valence-corrected chi connectivity index (χ3v) is 3.21. The van der Waals surface area contributed by atoms with Crippen molar-refractivity contribution in [3.8, 4) is 5.75 Å². The van der Waals surface area contributed by atoms with Crippen LogP contribution in [0.1, 0.15) is 22.7 Å². The highest BCUT2D eigenvalue weighted by Gasteiger charge is 2.18. The second-order valence-electron chi connectivity index (χ2n) is 4.67. The zero-order chi connectivity index (χ0) is 14.7. The summed E-state index contributed by atoms with van der Waals surface area (Å²) in [6.45, 7) is 1.96. The summed E-state index contributed by atoms with van der Waals surface area (Å²) < 4.78 is 32.1. The van der Waals surface area contributed by atoms with Crippen molar-refractivity contribution >= 4 is 0 Å². The summed E-state index contributed by atoms with van der Waals surface area (Å²) in [5.41, 5.74) is 2.42. The smallest absolute Gasteiger partial charge is 0.126 e. The highest BCUT2D eigenvalue weighted by molar-refractivity contribution is 5.43. The quantitative estimate of drug-likeness (QED) is 0.922. The summed E-state index contributed by atoms with van der Waals surface area (Å²) in [5.74, 6) is -0.494. The number of nitrogens with one attached hydrogen (secondary N) is 1. The lowest BCUT2D eigenvalue weighted by Gasteiger charge is -2.20. The number of halogens is 2. The molecule has 1 N–H and O–H groups in total. The van der Waals surface area contributed by atoms with E-state index in [1.54, 1.807) is 14.2 Å². The molecule has 1 unspecified atom stereocenters. The molecule has 0 fully saturated rings. The highest BCUT2D eigenvalue weighted by atomic mass is 19.1. The van der Waals surface area contributed by atoms with Gasteiger partial charge in [0.15, 0.2) is 0 Å². The van der Waals surface area contributed by atoms with Crippen molar-refractivity contribution in [2.75, 3.05) is 14.2 Å². The maximum Gasteiger partial charge on any atom is 0.126 e. The fraction of sp³-hybridized carbons (Fsp3) is 0.250. The van der Waals surface area contributed by atoms with Gasteiger partial charge >= 0.3 is 0 Å². The summed E-state index contributed by atoms with van der Waals surface area (Å²) in [7, 11) is 3.32. The Kier molecular flexibility index (Phi) is 4.35. The van der Waals surface area contributed by atoms with Crippen LogP contribution < -0.4 is 10.1 Å². The number of hydrogen-bond acceptors (Lipinski definition) is 2. The molecule has 106 valence electrons. The Morgan fingerprint density at radius 3 is 2.25 bits per heavy atom. The van der Waals surface area contributed by atoms with Crippen molar-refractivity contribution in [3.63, 3.8) is 0 Å². The molecule has 1 atom stereocenters. The normalized spacial score (nSPS) is 12.2. The van der Waals surface area contributed by atoms with E-state index >= 15 is 0 Å². The zero-order valence-electron chi connectivity index (χ0n) is 11.7. The molecule has 0 aliphatic rings. The van der Waals surface area contributed by atoms with Gasteiger partial charge in [0, 0.05) is 11.6 Å². The van der Waals surface area contributed by atoms with Crippen LogP contribution in [0.5, 0.6) is 5.75 Å². The summed E-state index contributed by atoms with van der Waals surface area (Å²) in [6, 6.07) is 8.91. The van der Waals surface area contributed by atoms with E-state index in [2.05, 4.69) is 5.32 Å². The molecule has 0 radical (unpaired) electrons. The number of ether oxygens (including phenoxy) is 1. The van der Waals surface area contributed by atoms with Crippen molar-refractivity contribution in [2.24, 2.45) is 0 Å². The first-order valence-electron chi connectivity index (χ1n) is 6.33. The van der Waals surface area contributed by atoms with Gasteiger partial charge in [0.05, 0.1) is 13.2 Å². The Hall–Kier alpha value is -1.94. The third kappa shape index (κ3) is 2.96. The van der Waals surface area contributed by atoms with Crippen LogP contribution in [0.2, 0.25) is 0 Å². The maximum atomic E-state index is 13.4. The largest absolute Gasteiger partial charge is 0.496 e. The van der Waals surface area contributed by atoms with Gasteiger partial charge in [-0.3, -0.25) is 0 Å². The van der Waals surface area contributed by atoms with Crippen LogP contribution in [0.3, 0.4) is 0 Å². The van der Waals surface area contributed by atoms with E-state index in [0.29, 0.717) is 11.3 Å².